The van der Waals surface area contributed by atoms with E-state index in [1.165, 1.54) is 7.11 Å². The van der Waals surface area contributed by atoms with Crippen molar-refractivity contribution < 1.29 is 19.1 Å². The maximum atomic E-state index is 12.6. The summed E-state index contributed by atoms with van der Waals surface area (Å²) >= 11 is 3.34. The highest BCUT2D eigenvalue weighted by Crippen LogP contribution is 2.29. The zero-order valence-corrected chi connectivity index (χ0v) is 17.4. The molecule has 0 aliphatic rings. The molecule has 0 spiro atoms. The van der Waals surface area contributed by atoms with Gasteiger partial charge in [0.2, 0.25) is 0 Å². The van der Waals surface area contributed by atoms with E-state index in [1.807, 2.05) is 0 Å². The Labute approximate surface area is 177 Å². The molecule has 0 aliphatic heterocycles. The number of hydrogen-bond acceptors (Lipinski definition) is 4. The van der Waals surface area contributed by atoms with Gasteiger partial charge in [-0.05, 0) is 66.7 Å². The lowest BCUT2D eigenvalue weighted by Gasteiger charge is -2.13. The van der Waals surface area contributed by atoms with Crippen molar-refractivity contribution in [3.8, 4) is 11.5 Å². The lowest BCUT2D eigenvalue weighted by atomic mass is 10.1. The molecule has 7 heteroatoms. The average molecular weight is 455 g/mol. The fourth-order valence-electron chi connectivity index (χ4n) is 2.62. The Bertz CT molecular complexity index is 1020. The summed E-state index contributed by atoms with van der Waals surface area (Å²) in [7, 11) is 3.08. The molecule has 3 aromatic rings. The van der Waals surface area contributed by atoms with Gasteiger partial charge in [0.05, 0.1) is 19.9 Å². The van der Waals surface area contributed by atoms with Crippen LogP contribution in [0.4, 0.5) is 11.4 Å². The zero-order chi connectivity index (χ0) is 20.8. The topological polar surface area (TPSA) is 76.7 Å². The Morgan fingerprint density at radius 2 is 1.34 bits per heavy atom. The van der Waals surface area contributed by atoms with Crippen molar-refractivity contribution in [3.63, 3.8) is 0 Å². The summed E-state index contributed by atoms with van der Waals surface area (Å²) in [6.07, 6.45) is 0. The van der Waals surface area contributed by atoms with E-state index < -0.39 is 0 Å². The van der Waals surface area contributed by atoms with Gasteiger partial charge in [0.1, 0.15) is 11.5 Å². The van der Waals surface area contributed by atoms with E-state index in [1.54, 1.807) is 73.8 Å². The van der Waals surface area contributed by atoms with Gasteiger partial charge in [0.25, 0.3) is 11.8 Å². The van der Waals surface area contributed by atoms with Gasteiger partial charge in [-0.25, -0.2) is 0 Å². The van der Waals surface area contributed by atoms with Crippen LogP contribution in [0.1, 0.15) is 20.7 Å². The number of carbonyl (C=O) groups excluding carboxylic acids is 2. The molecule has 0 saturated carbocycles. The monoisotopic (exact) mass is 454 g/mol. The largest absolute Gasteiger partial charge is 0.497 e. The van der Waals surface area contributed by atoms with Crippen molar-refractivity contribution in [2.75, 3.05) is 24.9 Å². The predicted octanol–water partition coefficient (Wildman–Crippen LogP) is 4.97. The predicted molar refractivity (Wildman–Crippen MR) is 116 cm³/mol. The van der Waals surface area contributed by atoms with Gasteiger partial charge in [-0.1, -0.05) is 15.9 Å². The highest BCUT2D eigenvalue weighted by atomic mass is 79.9. The summed E-state index contributed by atoms with van der Waals surface area (Å²) in [6.45, 7) is 0. The van der Waals surface area contributed by atoms with Crippen molar-refractivity contribution in [3.05, 3.63) is 82.3 Å². The smallest absolute Gasteiger partial charge is 0.255 e. The molecule has 0 fully saturated rings. The Morgan fingerprint density at radius 1 is 0.759 bits per heavy atom. The van der Waals surface area contributed by atoms with Gasteiger partial charge < -0.3 is 20.1 Å². The number of rotatable bonds is 6. The van der Waals surface area contributed by atoms with Gasteiger partial charge in [0.15, 0.2) is 0 Å². The molecule has 2 amide bonds. The first kappa shape index (κ1) is 20.4. The molecular formula is C22H19BrN2O4. The SMILES string of the molecule is COc1ccc(C(=O)Nc2cc(NC(=O)c3ccc(Br)cc3)ccc2OC)cc1. The fourth-order valence-corrected chi connectivity index (χ4v) is 2.89. The molecule has 3 rings (SSSR count). The summed E-state index contributed by atoms with van der Waals surface area (Å²) in [5, 5.41) is 5.63. The number of nitrogens with one attached hydrogen (secondary N) is 2. The van der Waals surface area contributed by atoms with Crippen LogP contribution in [0, 0.1) is 0 Å². The summed E-state index contributed by atoms with van der Waals surface area (Å²) in [5.74, 6) is 0.586. The van der Waals surface area contributed by atoms with Gasteiger partial charge in [-0.2, -0.15) is 0 Å². The Balaban J connectivity index is 1.78. The van der Waals surface area contributed by atoms with Crippen molar-refractivity contribution in [1.82, 2.24) is 0 Å². The summed E-state index contributed by atoms with van der Waals surface area (Å²) in [4.78, 5) is 25.0. The molecule has 0 unspecified atom stereocenters. The van der Waals surface area contributed by atoms with Crippen LogP contribution in [0.2, 0.25) is 0 Å². The molecule has 29 heavy (non-hydrogen) atoms. The van der Waals surface area contributed by atoms with Crippen molar-refractivity contribution in [1.29, 1.82) is 0 Å². The minimum absolute atomic E-state index is 0.255. The number of ether oxygens (including phenoxy) is 2. The Hall–Kier alpha value is -3.32. The van der Waals surface area contributed by atoms with Gasteiger partial charge in [0, 0.05) is 21.3 Å². The van der Waals surface area contributed by atoms with E-state index in [-0.39, 0.29) is 11.8 Å². The molecule has 3 aromatic carbocycles. The van der Waals surface area contributed by atoms with Crippen molar-refractivity contribution in [2.24, 2.45) is 0 Å². The van der Waals surface area contributed by atoms with Gasteiger partial charge in [-0.3, -0.25) is 9.59 Å². The molecule has 0 aliphatic carbocycles. The van der Waals surface area contributed by atoms with Crippen LogP contribution in [0.3, 0.4) is 0 Å². The molecular weight excluding hydrogens is 436 g/mol. The maximum Gasteiger partial charge on any atom is 0.255 e. The number of carbonyl (C=O) groups is 2. The fraction of sp³-hybridized carbons (Fsp3) is 0.0909. The van der Waals surface area contributed by atoms with Crippen LogP contribution in [0.5, 0.6) is 11.5 Å². The van der Waals surface area contributed by atoms with E-state index in [0.29, 0.717) is 34.0 Å². The minimum Gasteiger partial charge on any atom is -0.497 e. The van der Waals surface area contributed by atoms with Crippen LogP contribution in [-0.2, 0) is 0 Å². The molecule has 6 nitrogen and oxygen atoms in total. The highest BCUT2D eigenvalue weighted by Gasteiger charge is 2.13. The lowest BCUT2D eigenvalue weighted by Crippen LogP contribution is -2.14. The third-order valence-electron chi connectivity index (χ3n) is 4.16. The lowest BCUT2D eigenvalue weighted by molar-refractivity contribution is 0.101. The van der Waals surface area contributed by atoms with Crippen molar-refractivity contribution >= 4 is 39.1 Å². The zero-order valence-electron chi connectivity index (χ0n) is 15.9. The Kier molecular flexibility index (Phi) is 6.51. The second-order valence-electron chi connectivity index (χ2n) is 6.06. The first-order chi connectivity index (χ1) is 14.0. The molecule has 0 atom stereocenters. The maximum absolute atomic E-state index is 12.6. The Morgan fingerprint density at radius 3 is 1.93 bits per heavy atom. The van der Waals surface area contributed by atoms with E-state index in [2.05, 4.69) is 26.6 Å². The standard InChI is InChI=1S/C22H19BrN2O4/c1-28-18-10-5-15(6-11-18)22(27)25-19-13-17(9-12-20(19)29-2)24-21(26)14-3-7-16(23)8-4-14/h3-13H,1-2H3,(H,24,26)(H,25,27). The summed E-state index contributed by atoms with van der Waals surface area (Å²) in [6, 6.07) is 18.8. The van der Waals surface area contributed by atoms with Gasteiger partial charge >= 0.3 is 0 Å². The second-order valence-corrected chi connectivity index (χ2v) is 6.97. The van der Waals surface area contributed by atoms with Crippen LogP contribution in [-0.4, -0.2) is 26.0 Å². The third kappa shape index (κ3) is 5.14. The highest BCUT2D eigenvalue weighted by molar-refractivity contribution is 9.10. The normalized spacial score (nSPS) is 10.2. The first-order valence-corrected chi connectivity index (χ1v) is 9.50. The number of amides is 2. The molecule has 0 saturated heterocycles. The van der Waals surface area contributed by atoms with E-state index in [9.17, 15) is 9.59 Å². The van der Waals surface area contributed by atoms with Crippen LogP contribution >= 0.6 is 15.9 Å². The van der Waals surface area contributed by atoms with Crippen molar-refractivity contribution in [2.45, 2.75) is 0 Å². The summed E-state index contributed by atoms with van der Waals surface area (Å²) in [5.41, 5.74) is 1.97. The molecule has 0 aromatic heterocycles. The minimum atomic E-state index is -0.303. The molecule has 0 radical (unpaired) electrons. The van der Waals surface area contributed by atoms with E-state index in [4.69, 9.17) is 9.47 Å². The number of benzene rings is 3. The molecule has 0 heterocycles. The van der Waals surface area contributed by atoms with Gasteiger partial charge in [-0.15, -0.1) is 0 Å². The molecule has 0 bridgehead atoms. The third-order valence-corrected chi connectivity index (χ3v) is 4.69. The molecule has 148 valence electrons. The number of anilines is 2. The quantitative estimate of drug-likeness (QED) is 0.550. The molecule has 2 N–H and O–H groups in total. The van der Waals surface area contributed by atoms with Crippen LogP contribution < -0.4 is 20.1 Å². The van der Waals surface area contributed by atoms with Crippen LogP contribution in [0.15, 0.2) is 71.2 Å². The van der Waals surface area contributed by atoms with E-state index in [0.717, 1.165) is 4.47 Å². The number of methoxy groups -OCH3 is 2. The van der Waals surface area contributed by atoms with Crippen LogP contribution in [0.25, 0.3) is 0 Å². The second kappa shape index (κ2) is 9.25. The van der Waals surface area contributed by atoms with E-state index >= 15 is 0 Å². The number of hydrogen-bond donors (Lipinski definition) is 2. The average Bonchev–Trinajstić information content (AvgIpc) is 2.74. The summed E-state index contributed by atoms with van der Waals surface area (Å²) < 4.78 is 11.3. The number of halogens is 1. The first-order valence-electron chi connectivity index (χ1n) is 8.70.